The van der Waals surface area contributed by atoms with Crippen LogP contribution >= 0.6 is 0 Å². The summed E-state index contributed by atoms with van der Waals surface area (Å²) >= 11 is 0. The minimum absolute atomic E-state index is 0.542. The summed E-state index contributed by atoms with van der Waals surface area (Å²) in [7, 11) is 0. The van der Waals surface area contributed by atoms with Crippen molar-refractivity contribution in [3.63, 3.8) is 0 Å². The highest BCUT2D eigenvalue weighted by Gasteiger charge is 2.17. The molecule has 0 N–H and O–H groups in total. The lowest BCUT2D eigenvalue weighted by molar-refractivity contribution is 0.616. The summed E-state index contributed by atoms with van der Waals surface area (Å²) in [6.07, 6.45) is 4.55. The first kappa shape index (κ1) is 19.7. The zero-order valence-electron chi connectivity index (χ0n) is 18.7. The van der Waals surface area contributed by atoms with E-state index in [9.17, 15) is 0 Å². The topological polar surface area (TPSA) is 38.9 Å². The lowest BCUT2D eigenvalue weighted by atomic mass is 9.94. The first-order valence-corrected chi connectivity index (χ1v) is 11.4. The van der Waals surface area contributed by atoms with Crippen molar-refractivity contribution < 1.29 is 4.42 Å². The van der Waals surface area contributed by atoms with E-state index < -0.39 is 0 Å². The molecule has 160 valence electrons. The van der Waals surface area contributed by atoms with E-state index in [1.165, 1.54) is 10.8 Å². The molecule has 0 aliphatic carbocycles. The first-order valence-electron chi connectivity index (χ1n) is 11.4. The van der Waals surface area contributed by atoms with E-state index in [1.807, 2.05) is 18.3 Å². The van der Waals surface area contributed by atoms with Crippen molar-refractivity contribution in [2.24, 2.45) is 5.92 Å². The Morgan fingerprint density at radius 3 is 2.55 bits per heavy atom. The van der Waals surface area contributed by atoms with E-state index in [0.717, 1.165) is 56.4 Å². The molecule has 0 spiro atoms. The van der Waals surface area contributed by atoms with E-state index in [-0.39, 0.29) is 0 Å². The third kappa shape index (κ3) is 3.46. The van der Waals surface area contributed by atoms with Gasteiger partial charge in [-0.05, 0) is 59.0 Å². The molecule has 0 saturated heterocycles. The molecule has 6 rings (SSSR count). The number of hydrogen-bond donors (Lipinski definition) is 0. The molecule has 0 fully saturated rings. The minimum Gasteiger partial charge on any atom is -0.462 e. The van der Waals surface area contributed by atoms with Crippen LogP contribution in [0.3, 0.4) is 0 Å². The van der Waals surface area contributed by atoms with Gasteiger partial charge in [-0.3, -0.25) is 4.98 Å². The SMILES string of the molecule is CC(C)Cc1ccc2c(-c3ncccc3-c3ccc4ccccc4c3)cc3ccoc3c2n1. The molecular weight excluding hydrogens is 404 g/mol. The van der Waals surface area contributed by atoms with Gasteiger partial charge >= 0.3 is 0 Å². The Morgan fingerprint density at radius 1 is 0.788 bits per heavy atom. The maximum atomic E-state index is 5.86. The molecule has 0 aliphatic rings. The van der Waals surface area contributed by atoms with Gasteiger partial charge < -0.3 is 4.42 Å². The van der Waals surface area contributed by atoms with Crippen molar-refractivity contribution in [1.82, 2.24) is 9.97 Å². The molecule has 3 heteroatoms. The van der Waals surface area contributed by atoms with Crippen LogP contribution < -0.4 is 0 Å². The molecule has 3 aromatic heterocycles. The van der Waals surface area contributed by atoms with E-state index >= 15 is 0 Å². The van der Waals surface area contributed by atoms with Crippen molar-refractivity contribution in [2.45, 2.75) is 20.3 Å². The van der Waals surface area contributed by atoms with E-state index in [4.69, 9.17) is 14.4 Å². The summed E-state index contributed by atoms with van der Waals surface area (Å²) < 4.78 is 5.86. The summed E-state index contributed by atoms with van der Waals surface area (Å²) in [5, 5.41) is 4.56. The molecule has 33 heavy (non-hydrogen) atoms. The number of pyridine rings is 2. The second-order valence-electron chi connectivity index (χ2n) is 9.02. The van der Waals surface area contributed by atoms with Crippen LogP contribution in [0.2, 0.25) is 0 Å². The van der Waals surface area contributed by atoms with Gasteiger partial charge in [0.2, 0.25) is 0 Å². The predicted molar refractivity (Wildman–Crippen MR) is 136 cm³/mol. The largest absolute Gasteiger partial charge is 0.462 e. The molecule has 0 bridgehead atoms. The summed E-state index contributed by atoms with van der Waals surface area (Å²) in [6, 6.07) is 27.7. The molecule has 3 heterocycles. The molecule has 0 saturated carbocycles. The number of rotatable bonds is 4. The number of nitrogens with zero attached hydrogens (tertiary/aromatic N) is 2. The molecule has 0 aliphatic heterocycles. The maximum Gasteiger partial charge on any atom is 0.160 e. The maximum absolute atomic E-state index is 5.86. The van der Waals surface area contributed by atoms with Crippen molar-refractivity contribution >= 4 is 32.6 Å². The number of furan rings is 1. The third-order valence-corrected chi connectivity index (χ3v) is 6.19. The molecule has 3 aromatic carbocycles. The second-order valence-corrected chi connectivity index (χ2v) is 9.02. The van der Waals surface area contributed by atoms with Gasteiger partial charge in [0.25, 0.3) is 0 Å². The summed E-state index contributed by atoms with van der Waals surface area (Å²) in [4.78, 5) is 9.88. The average Bonchev–Trinajstić information content (AvgIpc) is 3.32. The number of fused-ring (bicyclic) bond motifs is 4. The van der Waals surface area contributed by atoms with Crippen LogP contribution in [0, 0.1) is 5.92 Å². The van der Waals surface area contributed by atoms with Crippen LogP contribution in [0.4, 0.5) is 0 Å². The Morgan fingerprint density at radius 2 is 1.67 bits per heavy atom. The normalized spacial score (nSPS) is 11.7. The smallest absolute Gasteiger partial charge is 0.160 e. The Kier molecular flexibility index (Phi) is 4.69. The first-order chi connectivity index (χ1) is 16.2. The van der Waals surface area contributed by atoms with Crippen LogP contribution in [0.15, 0.2) is 95.7 Å². The van der Waals surface area contributed by atoms with Crippen molar-refractivity contribution in [1.29, 1.82) is 0 Å². The molecule has 0 atom stereocenters. The van der Waals surface area contributed by atoms with Crippen LogP contribution in [0.5, 0.6) is 0 Å². The fraction of sp³-hybridized carbons (Fsp3) is 0.133. The zero-order valence-corrected chi connectivity index (χ0v) is 18.7. The summed E-state index contributed by atoms with van der Waals surface area (Å²) in [6.45, 7) is 4.43. The van der Waals surface area contributed by atoms with Crippen molar-refractivity contribution in [2.75, 3.05) is 0 Å². The molecule has 0 unspecified atom stereocenters. The molecular formula is C30H24N2O. The molecule has 0 amide bonds. The van der Waals surface area contributed by atoms with Gasteiger partial charge in [0.15, 0.2) is 5.58 Å². The number of aromatic nitrogens is 2. The second kappa shape index (κ2) is 7.86. The zero-order chi connectivity index (χ0) is 22.4. The van der Waals surface area contributed by atoms with Crippen LogP contribution in [0.25, 0.3) is 55.0 Å². The highest BCUT2D eigenvalue weighted by Crippen LogP contribution is 2.38. The van der Waals surface area contributed by atoms with Crippen LogP contribution in [-0.2, 0) is 6.42 Å². The van der Waals surface area contributed by atoms with E-state index in [2.05, 4.69) is 80.6 Å². The Labute approximate surface area is 192 Å². The lowest BCUT2D eigenvalue weighted by Crippen LogP contribution is -1.98. The van der Waals surface area contributed by atoms with Crippen molar-refractivity contribution in [3.8, 4) is 22.4 Å². The number of hydrogen-bond acceptors (Lipinski definition) is 3. The Bertz CT molecular complexity index is 1630. The Balaban J connectivity index is 1.60. The quantitative estimate of drug-likeness (QED) is 0.285. The third-order valence-electron chi connectivity index (χ3n) is 6.19. The lowest BCUT2D eigenvalue weighted by Gasteiger charge is -2.13. The van der Waals surface area contributed by atoms with Crippen LogP contribution in [-0.4, -0.2) is 9.97 Å². The van der Waals surface area contributed by atoms with Crippen LogP contribution in [0.1, 0.15) is 19.5 Å². The highest BCUT2D eigenvalue weighted by molar-refractivity contribution is 6.10. The van der Waals surface area contributed by atoms with E-state index in [1.54, 1.807) is 6.26 Å². The predicted octanol–water partition coefficient (Wildman–Crippen LogP) is 8.06. The highest BCUT2D eigenvalue weighted by atomic mass is 16.3. The monoisotopic (exact) mass is 428 g/mol. The Hall–Kier alpha value is -3.98. The molecule has 3 nitrogen and oxygen atoms in total. The summed E-state index contributed by atoms with van der Waals surface area (Å²) in [5.41, 5.74) is 7.12. The fourth-order valence-electron chi connectivity index (χ4n) is 4.69. The number of benzene rings is 3. The van der Waals surface area contributed by atoms with Gasteiger partial charge in [-0.15, -0.1) is 0 Å². The van der Waals surface area contributed by atoms with Gasteiger partial charge in [-0.2, -0.15) is 0 Å². The van der Waals surface area contributed by atoms with Crippen molar-refractivity contribution in [3.05, 3.63) is 97.0 Å². The average molecular weight is 429 g/mol. The van der Waals surface area contributed by atoms with Gasteiger partial charge in [-0.25, -0.2) is 4.98 Å². The summed E-state index contributed by atoms with van der Waals surface area (Å²) in [5.74, 6) is 0.542. The van der Waals surface area contributed by atoms with Gasteiger partial charge in [0, 0.05) is 33.8 Å². The molecule has 0 radical (unpaired) electrons. The van der Waals surface area contributed by atoms with E-state index in [0.29, 0.717) is 5.92 Å². The fourth-order valence-corrected chi connectivity index (χ4v) is 4.69. The standard InChI is InChI=1S/C30H24N2O/c1-19(2)16-24-11-12-26-27(18-23-13-15-33-30(23)29(26)32-24)28-25(8-5-14-31-28)22-10-9-20-6-3-4-7-21(20)17-22/h3-15,17-19H,16H2,1-2H3. The minimum atomic E-state index is 0.542. The molecule has 6 aromatic rings. The van der Waals surface area contributed by atoms with Gasteiger partial charge in [-0.1, -0.05) is 62.4 Å². The van der Waals surface area contributed by atoms with Gasteiger partial charge in [0.1, 0.15) is 5.52 Å². The van der Waals surface area contributed by atoms with Gasteiger partial charge in [0.05, 0.1) is 12.0 Å².